The van der Waals surface area contributed by atoms with Gasteiger partial charge in [-0.2, -0.15) is 0 Å². The third-order valence-electron chi connectivity index (χ3n) is 2.19. The van der Waals surface area contributed by atoms with Crippen molar-refractivity contribution >= 4 is 15.9 Å². The Morgan fingerprint density at radius 3 is 2.60 bits per heavy atom. The van der Waals surface area contributed by atoms with Gasteiger partial charge in [0.05, 0.1) is 4.47 Å². The molecule has 15 heavy (non-hydrogen) atoms. The van der Waals surface area contributed by atoms with Gasteiger partial charge in [0, 0.05) is 24.4 Å². The third kappa shape index (κ3) is 2.36. The molecular weight excluding hydrogens is 254 g/mol. The zero-order valence-electron chi connectivity index (χ0n) is 8.02. The van der Waals surface area contributed by atoms with Crippen LogP contribution < -0.4 is 0 Å². The lowest BCUT2D eigenvalue weighted by atomic mass is 10.1. The first-order valence-corrected chi connectivity index (χ1v) is 5.42. The fraction of sp³-hybridized carbons (Fsp3) is 0.0833. The van der Waals surface area contributed by atoms with Gasteiger partial charge in [0.1, 0.15) is 5.75 Å². The van der Waals surface area contributed by atoms with Crippen LogP contribution in [-0.2, 0) is 6.42 Å². The number of benzene rings is 1. The Morgan fingerprint density at radius 1 is 1.13 bits per heavy atom. The van der Waals surface area contributed by atoms with Crippen LogP contribution in [0.1, 0.15) is 11.1 Å². The number of rotatable bonds is 2. The van der Waals surface area contributed by atoms with Gasteiger partial charge in [-0.1, -0.05) is 30.3 Å². The van der Waals surface area contributed by atoms with Gasteiger partial charge in [-0.3, -0.25) is 4.98 Å². The number of aromatic nitrogens is 1. The first-order chi connectivity index (χ1) is 7.27. The van der Waals surface area contributed by atoms with Crippen molar-refractivity contribution in [2.75, 3.05) is 0 Å². The molecule has 0 aliphatic heterocycles. The van der Waals surface area contributed by atoms with Crippen LogP contribution >= 0.6 is 15.9 Å². The van der Waals surface area contributed by atoms with Crippen molar-refractivity contribution in [3.8, 4) is 5.75 Å². The summed E-state index contributed by atoms with van der Waals surface area (Å²) in [5.74, 6) is 0.272. The summed E-state index contributed by atoms with van der Waals surface area (Å²) in [6.45, 7) is 0. The molecule has 0 bridgehead atoms. The van der Waals surface area contributed by atoms with Crippen LogP contribution in [0.15, 0.2) is 47.2 Å². The summed E-state index contributed by atoms with van der Waals surface area (Å²) in [6, 6.07) is 10.00. The largest absolute Gasteiger partial charge is 0.506 e. The summed E-state index contributed by atoms with van der Waals surface area (Å²) in [6.07, 6.45) is 3.97. The predicted octanol–water partition coefficient (Wildman–Crippen LogP) is 3.14. The second-order valence-corrected chi connectivity index (χ2v) is 4.15. The highest BCUT2D eigenvalue weighted by atomic mass is 79.9. The molecular formula is C12H10BrNO. The lowest BCUT2D eigenvalue weighted by molar-refractivity contribution is 0.465. The van der Waals surface area contributed by atoms with E-state index in [0.717, 1.165) is 11.1 Å². The van der Waals surface area contributed by atoms with E-state index in [9.17, 15) is 5.11 Å². The Kier molecular flexibility index (Phi) is 3.02. The van der Waals surface area contributed by atoms with Crippen LogP contribution in [0.25, 0.3) is 0 Å². The molecule has 0 spiro atoms. The maximum atomic E-state index is 9.77. The summed E-state index contributed by atoms with van der Waals surface area (Å²) in [7, 11) is 0. The van der Waals surface area contributed by atoms with Gasteiger partial charge >= 0.3 is 0 Å². The molecule has 1 aromatic heterocycles. The first-order valence-electron chi connectivity index (χ1n) is 4.62. The topological polar surface area (TPSA) is 33.1 Å². The number of hydrogen-bond donors (Lipinski definition) is 1. The van der Waals surface area contributed by atoms with E-state index in [1.54, 1.807) is 12.4 Å². The second kappa shape index (κ2) is 4.45. The van der Waals surface area contributed by atoms with E-state index in [-0.39, 0.29) is 5.75 Å². The number of halogens is 1. The minimum atomic E-state index is 0.272. The van der Waals surface area contributed by atoms with E-state index >= 15 is 0 Å². The van der Waals surface area contributed by atoms with E-state index < -0.39 is 0 Å². The quantitative estimate of drug-likeness (QED) is 0.903. The summed E-state index contributed by atoms with van der Waals surface area (Å²) in [4.78, 5) is 4.03. The van der Waals surface area contributed by atoms with Gasteiger partial charge in [-0.25, -0.2) is 0 Å². The zero-order chi connectivity index (χ0) is 10.7. The van der Waals surface area contributed by atoms with Crippen molar-refractivity contribution < 1.29 is 5.11 Å². The van der Waals surface area contributed by atoms with Crippen molar-refractivity contribution in [1.29, 1.82) is 0 Å². The third-order valence-corrected chi connectivity index (χ3v) is 2.77. The molecule has 0 aliphatic rings. The van der Waals surface area contributed by atoms with E-state index in [1.807, 2.05) is 30.3 Å². The van der Waals surface area contributed by atoms with Crippen molar-refractivity contribution in [2.45, 2.75) is 6.42 Å². The average Bonchev–Trinajstić information content (AvgIpc) is 2.26. The average molecular weight is 264 g/mol. The Morgan fingerprint density at radius 2 is 1.87 bits per heavy atom. The molecule has 3 heteroatoms. The normalized spacial score (nSPS) is 10.2. The highest BCUT2D eigenvalue weighted by Gasteiger charge is 2.05. The van der Waals surface area contributed by atoms with Gasteiger partial charge in [-0.15, -0.1) is 0 Å². The smallest absolute Gasteiger partial charge is 0.136 e. The maximum absolute atomic E-state index is 9.77. The fourth-order valence-corrected chi connectivity index (χ4v) is 1.79. The van der Waals surface area contributed by atoms with Gasteiger partial charge in [-0.05, 0) is 21.5 Å². The number of nitrogens with zero attached hydrogens (tertiary/aromatic N) is 1. The molecule has 2 rings (SSSR count). The van der Waals surface area contributed by atoms with E-state index in [1.165, 1.54) is 0 Å². The molecule has 0 unspecified atom stereocenters. The molecule has 0 saturated carbocycles. The van der Waals surface area contributed by atoms with Crippen LogP contribution in [0.2, 0.25) is 0 Å². The van der Waals surface area contributed by atoms with Crippen LogP contribution in [0.5, 0.6) is 5.75 Å². The SMILES string of the molecule is Oc1c(Br)cncc1Cc1ccccc1. The molecule has 0 aliphatic carbocycles. The summed E-state index contributed by atoms with van der Waals surface area (Å²) >= 11 is 3.25. The second-order valence-electron chi connectivity index (χ2n) is 3.29. The lowest BCUT2D eigenvalue weighted by Gasteiger charge is -2.05. The van der Waals surface area contributed by atoms with Crippen LogP contribution in [0.4, 0.5) is 0 Å². The first kappa shape index (κ1) is 10.2. The summed E-state index contributed by atoms with van der Waals surface area (Å²) in [5, 5.41) is 9.77. The van der Waals surface area contributed by atoms with Crippen molar-refractivity contribution in [2.24, 2.45) is 0 Å². The van der Waals surface area contributed by atoms with Crippen molar-refractivity contribution in [1.82, 2.24) is 4.98 Å². The Bertz CT molecular complexity index is 456. The summed E-state index contributed by atoms with van der Waals surface area (Å²) < 4.78 is 0.635. The number of aromatic hydroxyl groups is 1. The molecule has 0 amide bonds. The van der Waals surface area contributed by atoms with Gasteiger partial charge in [0.15, 0.2) is 0 Å². The monoisotopic (exact) mass is 263 g/mol. The van der Waals surface area contributed by atoms with E-state index in [2.05, 4.69) is 20.9 Å². The molecule has 2 aromatic rings. The molecule has 1 aromatic carbocycles. The van der Waals surface area contributed by atoms with Crippen molar-refractivity contribution in [3.05, 3.63) is 58.3 Å². The highest BCUT2D eigenvalue weighted by molar-refractivity contribution is 9.10. The molecule has 76 valence electrons. The Balaban J connectivity index is 2.29. The van der Waals surface area contributed by atoms with Gasteiger partial charge in [0.25, 0.3) is 0 Å². The molecule has 0 radical (unpaired) electrons. The maximum Gasteiger partial charge on any atom is 0.136 e. The minimum Gasteiger partial charge on any atom is -0.506 e. The standard InChI is InChI=1S/C12H10BrNO/c13-11-8-14-7-10(12(11)15)6-9-4-2-1-3-5-9/h1-5,7-8H,6H2,(H,14,15). The molecule has 0 atom stereocenters. The van der Waals surface area contributed by atoms with Crippen LogP contribution in [0, 0.1) is 0 Å². The van der Waals surface area contributed by atoms with Crippen LogP contribution in [-0.4, -0.2) is 10.1 Å². The minimum absolute atomic E-state index is 0.272. The predicted molar refractivity (Wildman–Crippen MR) is 62.8 cm³/mol. The Labute approximate surface area is 96.7 Å². The van der Waals surface area contributed by atoms with Gasteiger partial charge < -0.3 is 5.11 Å². The molecule has 1 N–H and O–H groups in total. The van der Waals surface area contributed by atoms with Crippen LogP contribution in [0.3, 0.4) is 0 Å². The lowest BCUT2D eigenvalue weighted by Crippen LogP contribution is -1.90. The molecule has 0 fully saturated rings. The Hall–Kier alpha value is -1.35. The van der Waals surface area contributed by atoms with Crippen molar-refractivity contribution in [3.63, 3.8) is 0 Å². The summed E-state index contributed by atoms with van der Waals surface area (Å²) in [5.41, 5.74) is 1.99. The van der Waals surface area contributed by atoms with Gasteiger partial charge in [0.2, 0.25) is 0 Å². The number of pyridine rings is 1. The van der Waals surface area contributed by atoms with E-state index in [0.29, 0.717) is 10.9 Å². The number of hydrogen-bond acceptors (Lipinski definition) is 2. The molecule has 1 heterocycles. The zero-order valence-corrected chi connectivity index (χ0v) is 9.61. The fourth-order valence-electron chi connectivity index (χ4n) is 1.41. The van der Waals surface area contributed by atoms with E-state index in [4.69, 9.17) is 0 Å². The molecule has 0 saturated heterocycles. The molecule has 2 nitrogen and oxygen atoms in total. The highest BCUT2D eigenvalue weighted by Crippen LogP contribution is 2.27.